The molecule has 1 fully saturated rings. The summed E-state index contributed by atoms with van der Waals surface area (Å²) in [6.07, 6.45) is 6.51. The van der Waals surface area contributed by atoms with Crippen LogP contribution in [-0.2, 0) is 10.0 Å². The highest BCUT2D eigenvalue weighted by Gasteiger charge is 2.25. The minimum atomic E-state index is -3.33. The standard InChI is InChI=1S/C25H29ClN4O4S2/c26-20-3-5-24(27-17-20)29-10-8-21(9-11-29)34-25-28-22-4-2-19(16-23(22)35-25)18-6-12-30(13-7-18)36(32,33)15-1-14-31/h2-6,16-17,21,31H,1,7-15H2. The van der Waals surface area contributed by atoms with Crippen molar-refractivity contribution in [1.29, 1.82) is 0 Å². The molecule has 0 spiro atoms. The highest BCUT2D eigenvalue weighted by atomic mass is 35.5. The summed E-state index contributed by atoms with van der Waals surface area (Å²) in [5.41, 5.74) is 3.14. The summed E-state index contributed by atoms with van der Waals surface area (Å²) < 4.78 is 33.6. The van der Waals surface area contributed by atoms with Gasteiger partial charge in [-0.15, -0.1) is 0 Å². The molecular weight excluding hydrogens is 520 g/mol. The molecule has 8 nitrogen and oxygen atoms in total. The Labute approximate surface area is 220 Å². The third-order valence-corrected chi connectivity index (χ3v) is 9.67. The number of piperidine rings is 1. The first kappa shape index (κ1) is 25.4. The van der Waals surface area contributed by atoms with Crippen LogP contribution in [0.2, 0.25) is 5.02 Å². The van der Waals surface area contributed by atoms with E-state index in [4.69, 9.17) is 21.4 Å². The number of halogens is 1. The zero-order chi connectivity index (χ0) is 25.1. The predicted molar refractivity (Wildman–Crippen MR) is 144 cm³/mol. The van der Waals surface area contributed by atoms with E-state index in [2.05, 4.69) is 20.9 Å². The largest absolute Gasteiger partial charge is 0.467 e. The molecular formula is C25H29ClN4O4S2. The Kier molecular flexibility index (Phi) is 7.78. The Morgan fingerprint density at radius 1 is 1.17 bits per heavy atom. The first-order valence-corrected chi connectivity index (χ1v) is 14.9. The van der Waals surface area contributed by atoms with Crippen molar-refractivity contribution in [3.05, 3.63) is 53.2 Å². The van der Waals surface area contributed by atoms with E-state index in [1.54, 1.807) is 17.5 Å². The summed E-state index contributed by atoms with van der Waals surface area (Å²) >= 11 is 7.50. The lowest BCUT2D eigenvalue weighted by atomic mass is 10.0. The van der Waals surface area contributed by atoms with Crippen molar-refractivity contribution in [3.63, 3.8) is 0 Å². The molecule has 36 heavy (non-hydrogen) atoms. The molecule has 0 saturated carbocycles. The number of rotatable bonds is 8. The van der Waals surface area contributed by atoms with Gasteiger partial charge < -0.3 is 14.7 Å². The number of benzene rings is 1. The van der Waals surface area contributed by atoms with E-state index in [0.717, 1.165) is 53.1 Å². The molecule has 0 bridgehead atoms. The summed E-state index contributed by atoms with van der Waals surface area (Å²) in [7, 11) is -3.33. The van der Waals surface area contributed by atoms with Gasteiger partial charge in [0.2, 0.25) is 10.0 Å². The van der Waals surface area contributed by atoms with Gasteiger partial charge >= 0.3 is 0 Å². The zero-order valence-corrected chi connectivity index (χ0v) is 22.2. The predicted octanol–water partition coefficient (Wildman–Crippen LogP) is 4.19. The van der Waals surface area contributed by atoms with Gasteiger partial charge in [0, 0.05) is 51.8 Å². The molecule has 2 aromatic heterocycles. The van der Waals surface area contributed by atoms with Crippen LogP contribution in [0.4, 0.5) is 5.82 Å². The molecule has 11 heteroatoms. The van der Waals surface area contributed by atoms with E-state index in [9.17, 15) is 8.42 Å². The molecule has 1 aromatic carbocycles. The molecule has 4 heterocycles. The number of nitrogens with zero attached hydrogens (tertiary/aromatic N) is 4. The lowest BCUT2D eigenvalue weighted by Crippen LogP contribution is -2.38. The van der Waals surface area contributed by atoms with Crippen LogP contribution < -0.4 is 9.64 Å². The quantitative estimate of drug-likeness (QED) is 0.451. The molecule has 2 aliphatic heterocycles. The number of fused-ring (bicyclic) bond motifs is 1. The molecule has 1 N–H and O–H groups in total. The first-order chi connectivity index (χ1) is 17.4. The second-order valence-corrected chi connectivity index (χ2v) is 12.5. The molecule has 192 valence electrons. The molecule has 3 aromatic rings. The lowest BCUT2D eigenvalue weighted by Gasteiger charge is -2.32. The minimum absolute atomic E-state index is 0.0146. The highest BCUT2D eigenvalue weighted by Crippen LogP contribution is 2.33. The van der Waals surface area contributed by atoms with E-state index in [-0.39, 0.29) is 24.9 Å². The van der Waals surface area contributed by atoms with E-state index < -0.39 is 10.0 Å². The molecule has 1 saturated heterocycles. The number of thiazole rings is 1. The molecule has 5 rings (SSSR count). The summed E-state index contributed by atoms with van der Waals surface area (Å²) in [6, 6.07) is 9.99. The number of aromatic nitrogens is 2. The van der Waals surface area contributed by atoms with Crippen molar-refractivity contribution in [2.45, 2.75) is 31.8 Å². The Bertz CT molecular complexity index is 1340. The van der Waals surface area contributed by atoms with Gasteiger partial charge in [-0.2, -0.15) is 4.31 Å². The maximum Gasteiger partial charge on any atom is 0.274 e. The van der Waals surface area contributed by atoms with Crippen molar-refractivity contribution in [1.82, 2.24) is 14.3 Å². The van der Waals surface area contributed by atoms with Crippen LogP contribution in [0.1, 0.15) is 31.2 Å². The fourth-order valence-corrected chi connectivity index (χ4v) is 7.05. The number of pyridine rings is 1. The van der Waals surface area contributed by atoms with Gasteiger partial charge in [0.05, 0.1) is 21.0 Å². The third-order valence-electron chi connectivity index (χ3n) is 6.61. The van der Waals surface area contributed by atoms with Crippen molar-refractivity contribution < 1.29 is 18.3 Å². The second-order valence-electron chi connectivity index (χ2n) is 9.03. The van der Waals surface area contributed by atoms with Crippen molar-refractivity contribution in [3.8, 4) is 5.19 Å². The number of sulfonamides is 1. The zero-order valence-electron chi connectivity index (χ0n) is 19.8. The fraction of sp³-hybridized carbons (Fsp3) is 0.440. The third kappa shape index (κ3) is 5.84. The highest BCUT2D eigenvalue weighted by molar-refractivity contribution is 7.89. The molecule has 0 atom stereocenters. The van der Waals surface area contributed by atoms with Gasteiger partial charge in [-0.25, -0.2) is 18.4 Å². The van der Waals surface area contributed by atoms with Crippen LogP contribution in [0.15, 0.2) is 42.6 Å². The first-order valence-electron chi connectivity index (χ1n) is 12.1. The minimum Gasteiger partial charge on any atom is -0.467 e. The Morgan fingerprint density at radius 3 is 2.69 bits per heavy atom. The second kappa shape index (κ2) is 11.0. The Morgan fingerprint density at radius 2 is 2.00 bits per heavy atom. The number of ether oxygens (including phenoxy) is 1. The normalized spacial score (nSPS) is 17.9. The smallest absolute Gasteiger partial charge is 0.274 e. The van der Waals surface area contributed by atoms with Crippen LogP contribution >= 0.6 is 22.9 Å². The van der Waals surface area contributed by atoms with Gasteiger partial charge in [0.25, 0.3) is 5.19 Å². The van der Waals surface area contributed by atoms with Crippen molar-refractivity contribution >= 4 is 54.6 Å². The number of hydrogen-bond donors (Lipinski definition) is 1. The summed E-state index contributed by atoms with van der Waals surface area (Å²) in [6.45, 7) is 2.45. The maximum atomic E-state index is 12.4. The molecule has 0 unspecified atom stereocenters. The molecule has 2 aliphatic rings. The monoisotopic (exact) mass is 548 g/mol. The SMILES string of the molecule is O=S(=O)(CCCO)N1CC=C(c2ccc3nc(OC4CCN(c5ccc(Cl)cn5)CC4)sc3c2)CC1. The number of aliphatic hydroxyl groups excluding tert-OH is 1. The maximum absolute atomic E-state index is 12.4. The average molecular weight is 549 g/mol. The molecule has 0 aliphatic carbocycles. The van der Waals surface area contributed by atoms with E-state index in [1.807, 2.05) is 30.3 Å². The molecule has 0 radical (unpaired) electrons. The van der Waals surface area contributed by atoms with Crippen LogP contribution in [0, 0.1) is 0 Å². The van der Waals surface area contributed by atoms with Gasteiger partial charge in [0.15, 0.2) is 0 Å². The van der Waals surface area contributed by atoms with Gasteiger partial charge in [0.1, 0.15) is 11.9 Å². The summed E-state index contributed by atoms with van der Waals surface area (Å²) in [4.78, 5) is 11.3. The Hall–Kier alpha value is -2.24. The van der Waals surface area contributed by atoms with Crippen LogP contribution in [0.5, 0.6) is 5.19 Å². The van der Waals surface area contributed by atoms with Crippen molar-refractivity contribution in [2.75, 3.05) is 43.4 Å². The van der Waals surface area contributed by atoms with E-state index in [1.165, 1.54) is 4.31 Å². The number of aliphatic hydroxyl groups is 1. The Balaban J connectivity index is 1.20. The van der Waals surface area contributed by atoms with Crippen LogP contribution in [0.25, 0.3) is 15.8 Å². The van der Waals surface area contributed by atoms with E-state index in [0.29, 0.717) is 29.7 Å². The van der Waals surface area contributed by atoms with Gasteiger partial charge in [-0.05, 0) is 48.2 Å². The molecule has 0 amide bonds. The topological polar surface area (TPSA) is 95.9 Å². The average Bonchev–Trinajstić information content (AvgIpc) is 3.30. The number of hydrogen-bond acceptors (Lipinski definition) is 8. The lowest BCUT2D eigenvalue weighted by molar-refractivity contribution is 0.170. The summed E-state index contributed by atoms with van der Waals surface area (Å²) in [5, 5.41) is 10.3. The van der Waals surface area contributed by atoms with Crippen molar-refractivity contribution in [2.24, 2.45) is 0 Å². The van der Waals surface area contributed by atoms with Gasteiger partial charge in [-0.1, -0.05) is 35.1 Å². The van der Waals surface area contributed by atoms with Gasteiger partial charge in [-0.3, -0.25) is 0 Å². The fourth-order valence-electron chi connectivity index (χ4n) is 4.60. The number of anilines is 1. The van der Waals surface area contributed by atoms with Crippen LogP contribution in [0.3, 0.4) is 0 Å². The van der Waals surface area contributed by atoms with Crippen LogP contribution in [-0.4, -0.2) is 72.4 Å². The summed E-state index contributed by atoms with van der Waals surface area (Å²) in [5.74, 6) is 0.924. The van der Waals surface area contributed by atoms with E-state index >= 15 is 0 Å².